The van der Waals surface area contributed by atoms with Gasteiger partial charge >= 0.3 is 0 Å². The van der Waals surface area contributed by atoms with Gasteiger partial charge in [0.1, 0.15) is 17.6 Å². The Balaban J connectivity index is 2.36. The number of anilines is 1. The lowest BCUT2D eigenvalue weighted by Crippen LogP contribution is -2.09. The molecule has 0 saturated heterocycles. The molecule has 4 nitrogen and oxygen atoms in total. The number of phenols is 1. The minimum Gasteiger partial charge on any atom is -0.508 e. The summed E-state index contributed by atoms with van der Waals surface area (Å²) in [7, 11) is 1.57. The van der Waals surface area contributed by atoms with E-state index in [2.05, 4.69) is 11.4 Å². The minimum atomic E-state index is -0.158. The third-order valence-corrected chi connectivity index (χ3v) is 3.38. The number of hydrogen-bond donors (Lipinski definition) is 2. The molecule has 0 amide bonds. The number of ether oxygens (including phenoxy) is 1. The molecule has 0 saturated carbocycles. The summed E-state index contributed by atoms with van der Waals surface area (Å²) in [5.41, 5.74) is 2.91. The standard InChI is InChI=1S/C17H18N2O2/c1-11-7-8-14(15(20)9-11)12(2)19-17-13(10-18)5-4-6-16(17)21-3/h4-9,12,19-20H,1-3H3. The van der Waals surface area contributed by atoms with Gasteiger partial charge < -0.3 is 15.2 Å². The van der Waals surface area contributed by atoms with Gasteiger partial charge in [0.2, 0.25) is 0 Å². The number of aromatic hydroxyl groups is 1. The zero-order valence-electron chi connectivity index (χ0n) is 12.3. The van der Waals surface area contributed by atoms with Crippen molar-refractivity contribution in [3.63, 3.8) is 0 Å². The Hall–Kier alpha value is -2.67. The quantitative estimate of drug-likeness (QED) is 0.896. The Morgan fingerprint density at radius 1 is 1.29 bits per heavy atom. The minimum absolute atomic E-state index is 0.158. The number of phenolic OH excluding ortho intramolecular Hbond substituents is 1. The number of nitriles is 1. The number of nitrogens with zero attached hydrogens (tertiary/aromatic N) is 1. The SMILES string of the molecule is COc1cccc(C#N)c1NC(C)c1ccc(C)cc1O. The van der Waals surface area contributed by atoms with E-state index in [4.69, 9.17) is 4.74 Å². The average molecular weight is 282 g/mol. The third kappa shape index (κ3) is 3.09. The maximum Gasteiger partial charge on any atom is 0.143 e. The van der Waals surface area contributed by atoms with Gasteiger partial charge in [-0.15, -0.1) is 0 Å². The fourth-order valence-electron chi connectivity index (χ4n) is 2.26. The first-order chi connectivity index (χ1) is 10.1. The normalized spacial score (nSPS) is 11.5. The molecule has 0 spiro atoms. The predicted molar refractivity (Wildman–Crippen MR) is 82.6 cm³/mol. The van der Waals surface area contributed by atoms with E-state index in [-0.39, 0.29) is 11.8 Å². The van der Waals surface area contributed by atoms with Gasteiger partial charge in [-0.3, -0.25) is 0 Å². The zero-order chi connectivity index (χ0) is 15.4. The lowest BCUT2D eigenvalue weighted by Gasteiger charge is -2.20. The van der Waals surface area contributed by atoms with Gasteiger partial charge in [0, 0.05) is 5.56 Å². The van der Waals surface area contributed by atoms with Crippen LogP contribution in [-0.2, 0) is 0 Å². The number of hydrogen-bond acceptors (Lipinski definition) is 4. The van der Waals surface area contributed by atoms with Crippen molar-refractivity contribution in [1.29, 1.82) is 5.26 Å². The lowest BCUT2D eigenvalue weighted by molar-refractivity contribution is 0.415. The van der Waals surface area contributed by atoms with Crippen molar-refractivity contribution in [2.45, 2.75) is 19.9 Å². The van der Waals surface area contributed by atoms with Crippen LogP contribution < -0.4 is 10.1 Å². The summed E-state index contributed by atoms with van der Waals surface area (Å²) in [5, 5.41) is 22.5. The van der Waals surface area contributed by atoms with E-state index in [0.29, 0.717) is 17.0 Å². The van der Waals surface area contributed by atoms with E-state index in [1.165, 1.54) is 0 Å². The molecule has 0 aliphatic carbocycles. The molecule has 0 aliphatic heterocycles. The monoisotopic (exact) mass is 282 g/mol. The van der Waals surface area contributed by atoms with Crippen molar-refractivity contribution in [2.24, 2.45) is 0 Å². The third-order valence-electron chi connectivity index (χ3n) is 3.38. The van der Waals surface area contributed by atoms with Crippen molar-refractivity contribution >= 4 is 5.69 Å². The van der Waals surface area contributed by atoms with Crippen LogP contribution in [0.15, 0.2) is 36.4 Å². The summed E-state index contributed by atoms with van der Waals surface area (Å²) in [6, 6.07) is 12.8. The molecule has 21 heavy (non-hydrogen) atoms. The molecule has 0 bridgehead atoms. The second-order valence-corrected chi connectivity index (χ2v) is 4.92. The second-order valence-electron chi connectivity index (χ2n) is 4.92. The van der Waals surface area contributed by atoms with Crippen molar-refractivity contribution < 1.29 is 9.84 Å². The van der Waals surface area contributed by atoms with E-state index in [0.717, 1.165) is 11.1 Å². The Bertz CT molecular complexity index is 690. The number of methoxy groups -OCH3 is 1. The number of benzene rings is 2. The largest absolute Gasteiger partial charge is 0.508 e. The summed E-state index contributed by atoms with van der Waals surface area (Å²) in [4.78, 5) is 0. The van der Waals surface area contributed by atoms with Crippen molar-refractivity contribution in [3.05, 3.63) is 53.1 Å². The first kappa shape index (κ1) is 14.7. The smallest absolute Gasteiger partial charge is 0.143 e. The topological polar surface area (TPSA) is 65.3 Å². The molecule has 2 aromatic carbocycles. The van der Waals surface area contributed by atoms with Gasteiger partial charge in [0.15, 0.2) is 0 Å². The summed E-state index contributed by atoms with van der Waals surface area (Å²) >= 11 is 0. The molecule has 4 heteroatoms. The highest BCUT2D eigenvalue weighted by molar-refractivity contribution is 5.67. The van der Waals surface area contributed by atoms with Gasteiger partial charge in [0.05, 0.1) is 24.4 Å². The van der Waals surface area contributed by atoms with Gasteiger partial charge in [0.25, 0.3) is 0 Å². The van der Waals surface area contributed by atoms with Crippen LogP contribution in [0.3, 0.4) is 0 Å². The van der Waals surface area contributed by atoms with E-state index >= 15 is 0 Å². The molecule has 0 aromatic heterocycles. The van der Waals surface area contributed by atoms with Crippen molar-refractivity contribution in [3.8, 4) is 17.6 Å². The van der Waals surface area contributed by atoms with Crippen LogP contribution in [0, 0.1) is 18.3 Å². The summed E-state index contributed by atoms with van der Waals surface area (Å²) in [6.07, 6.45) is 0. The second kappa shape index (κ2) is 6.19. The predicted octanol–water partition coefficient (Wildman–Crippen LogP) is 3.75. The van der Waals surface area contributed by atoms with E-state index in [1.54, 1.807) is 31.4 Å². The summed E-state index contributed by atoms with van der Waals surface area (Å²) in [5.74, 6) is 0.843. The van der Waals surface area contributed by atoms with Crippen LogP contribution in [0.25, 0.3) is 0 Å². The van der Waals surface area contributed by atoms with E-state index in [1.807, 2.05) is 26.0 Å². The van der Waals surface area contributed by atoms with Crippen LogP contribution in [0.4, 0.5) is 5.69 Å². The molecule has 2 N–H and O–H groups in total. The molecule has 1 unspecified atom stereocenters. The van der Waals surface area contributed by atoms with Crippen molar-refractivity contribution in [1.82, 2.24) is 0 Å². The highest BCUT2D eigenvalue weighted by atomic mass is 16.5. The molecular formula is C17H18N2O2. The highest BCUT2D eigenvalue weighted by Crippen LogP contribution is 2.33. The van der Waals surface area contributed by atoms with Crippen LogP contribution in [0.5, 0.6) is 11.5 Å². The maximum atomic E-state index is 10.1. The van der Waals surface area contributed by atoms with E-state index in [9.17, 15) is 10.4 Å². The molecule has 0 heterocycles. The zero-order valence-corrected chi connectivity index (χ0v) is 12.3. The molecule has 108 valence electrons. The highest BCUT2D eigenvalue weighted by Gasteiger charge is 2.15. The first-order valence-corrected chi connectivity index (χ1v) is 6.70. The number of para-hydroxylation sites is 1. The van der Waals surface area contributed by atoms with Gasteiger partial charge in [-0.25, -0.2) is 0 Å². The molecule has 0 radical (unpaired) electrons. The van der Waals surface area contributed by atoms with Crippen molar-refractivity contribution in [2.75, 3.05) is 12.4 Å². The maximum absolute atomic E-state index is 10.1. The first-order valence-electron chi connectivity index (χ1n) is 6.70. The van der Waals surface area contributed by atoms with Gasteiger partial charge in [-0.05, 0) is 37.6 Å². The van der Waals surface area contributed by atoms with Crippen LogP contribution >= 0.6 is 0 Å². The van der Waals surface area contributed by atoms with Gasteiger partial charge in [-0.2, -0.15) is 5.26 Å². The summed E-state index contributed by atoms with van der Waals surface area (Å²) < 4.78 is 5.30. The Morgan fingerprint density at radius 2 is 2.05 bits per heavy atom. The summed E-state index contributed by atoms with van der Waals surface area (Å²) in [6.45, 7) is 3.85. The molecule has 1 atom stereocenters. The molecular weight excluding hydrogens is 264 g/mol. The number of aryl methyl sites for hydroxylation is 1. The lowest BCUT2D eigenvalue weighted by atomic mass is 10.0. The Morgan fingerprint density at radius 3 is 2.67 bits per heavy atom. The molecule has 2 aromatic rings. The Labute approximate surface area is 124 Å². The number of rotatable bonds is 4. The van der Waals surface area contributed by atoms with Crippen LogP contribution in [0.2, 0.25) is 0 Å². The van der Waals surface area contributed by atoms with Gasteiger partial charge in [-0.1, -0.05) is 18.2 Å². The van der Waals surface area contributed by atoms with Crippen LogP contribution in [0.1, 0.15) is 29.7 Å². The average Bonchev–Trinajstić information content (AvgIpc) is 2.47. The molecule has 0 aliphatic rings. The van der Waals surface area contributed by atoms with E-state index < -0.39 is 0 Å². The molecule has 0 fully saturated rings. The number of nitrogens with one attached hydrogen (secondary N) is 1. The Kier molecular flexibility index (Phi) is 4.34. The fraction of sp³-hybridized carbons (Fsp3) is 0.235. The molecule has 2 rings (SSSR count). The fourth-order valence-corrected chi connectivity index (χ4v) is 2.26. The van der Waals surface area contributed by atoms with Crippen LogP contribution in [-0.4, -0.2) is 12.2 Å².